The number of likely N-dealkylation sites (N-methyl/N-ethyl adjacent to an activating group) is 1. The maximum absolute atomic E-state index is 9.68. The van der Waals surface area contributed by atoms with Crippen LogP contribution in [-0.2, 0) is 0 Å². The van der Waals surface area contributed by atoms with Crippen LogP contribution in [0.4, 0.5) is 0 Å². The van der Waals surface area contributed by atoms with Crippen LogP contribution < -0.4 is 0 Å². The van der Waals surface area contributed by atoms with Crippen LogP contribution in [0, 0.1) is 0 Å². The Hall–Kier alpha value is -1.26. The summed E-state index contributed by atoms with van der Waals surface area (Å²) in [6.07, 6.45) is 2.27. The first-order valence-corrected chi connectivity index (χ1v) is 7.48. The second kappa shape index (κ2) is 6.46. The molecule has 0 radical (unpaired) electrons. The molecule has 4 heteroatoms. The van der Waals surface area contributed by atoms with E-state index in [0.717, 1.165) is 38.0 Å². The van der Waals surface area contributed by atoms with E-state index in [1.54, 1.807) is 12.1 Å². The average molecular weight is 278 g/mol. The van der Waals surface area contributed by atoms with E-state index < -0.39 is 0 Å². The largest absolute Gasteiger partial charge is 0.508 e. The quantitative estimate of drug-likeness (QED) is 0.892. The lowest BCUT2D eigenvalue weighted by atomic mass is 10.0. The Kier molecular flexibility index (Phi) is 4.89. The third kappa shape index (κ3) is 3.44. The number of phenols is 2. The van der Waals surface area contributed by atoms with Gasteiger partial charge in [0, 0.05) is 31.2 Å². The molecule has 2 N–H and O–H groups in total. The molecule has 0 aliphatic carbocycles. The van der Waals surface area contributed by atoms with Crippen molar-refractivity contribution in [3.63, 3.8) is 0 Å². The zero-order valence-electron chi connectivity index (χ0n) is 12.7. The van der Waals surface area contributed by atoms with Gasteiger partial charge in [-0.15, -0.1) is 0 Å². The lowest BCUT2D eigenvalue weighted by Gasteiger charge is -2.35. The van der Waals surface area contributed by atoms with Gasteiger partial charge in [0.15, 0.2) is 0 Å². The van der Waals surface area contributed by atoms with Crippen molar-refractivity contribution >= 4 is 0 Å². The van der Waals surface area contributed by atoms with Gasteiger partial charge in [0.25, 0.3) is 0 Å². The minimum Gasteiger partial charge on any atom is -0.508 e. The molecule has 0 amide bonds. The van der Waals surface area contributed by atoms with Crippen molar-refractivity contribution in [1.29, 1.82) is 0 Å². The molecular weight excluding hydrogens is 252 g/mol. The zero-order valence-corrected chi connectivity index (χ0v) is 12.7. The third-order valence-electron chi connectivity index (χ3n) is 4.32. The van der Waals surface area contributed by atoms with E-state index >= 15 is 0 Å². The highest BCUT2D eigenvalue weighted by atomic mass is 16.3. The first-order valence-electron chi connectivity index (χ1n) is 7.48. The summed E-state index contributed by atoms with van der Waals surface area (Å²) in [7, 11) is 2.18. The Morgan fingerprint density at radius 2 is 1.85 bits per heavy atom. The summed E-state index contributed by atoms with van der Waals surface area (Å²) in [6, 6.07) is 5.60. The molecule has 20 heavy (non-hydrogen) atoms. The SMILES string of the molecule is CCC1CN(C)CCCN1C(C)c1cc(O)cc(O)c1. The first kappa shape index (κ1) is 15.1. The van der Waals surface area contributed by atoms with Crippen LogP contribution in [0.2, 0.25) is 0 Å². The molecule has 1 aromatic carbocycles. The van der Waals surface area contributed by atoms with Gasteiger partial charge in [-0.25, -0.2) is 0 Å². The monoisotopic (exact) mass is 278 g/mol. The predicted molar refractivity (Wildman–Crippen MR) is 81.1 cm³/mol. The summed E-state index contributed by atoms with van der Waals surface area (Å²) >= 11 is 0. The van der Waals surface area contributed by atoms with Crippen molar-refractivity contribution in [3.8, 4) is 11.5 Å². The van der Waals surface area contributed by atoms with Gasteiger partial charge in [0.1, 0.15) is 11.5 Å². The molecule has 0 bridgehead atoms. The maximum Gasteiger partial charge on any atom is 0.119 e. The molecule has 1 aliphatic rings. The molecule has 0 saturated carbocycles. The summed E-state index contributed by atoms with van der Waals surface area (Å²) in [6.45, 7) is 7.64. The van der Waals surface area contributed by atoms with E-state index in [4.69, 9.17) is 0 Å². The van der Waals surface area contributed by atoms with E-state index in [2.05, 4.69) is 30.7 Å². The Bertz CT molecular complexity index is 430. The van der Waals surface area contributed by atoms with Crippen LogP contribution in [0.1, 0.15) is 38.3 Å². The minimum atomic E-state index is 0.131. The number of rotatable bonds is 3. The number of phenolic OH excluding ortho intramolecular Hbond substituents is 2. The Morgan fingerprint density at radius 3 is 2.45 bits per heavy atom. The molecule has 0 aromatic heterocycles. The van der Waals surface area contributed by atoms with Crippen LogP contribution >= 0.6 is 0 Å². The number of hydrogen-bond donors (Lipinski definition) is 2. The van der Waals surface area contributed by atoms with Crippen LogP contribution in [0.3, 0.4) is 0 Å². The van der Waals surface area contributed by atoms with Gasteiger partial charge in [0.05, 0.1) is 0 Å². The first-order chi connectivity index (χ1) is 9.51. The van der Waals surface area contributed by atoms with E-state index in [9.17, 15) is 10.2 Å². The highest BCUT2D eigenvalue weighted by Crippen LogP contribution is 2.30. The van der Waals surface area contributed by atoms with Gasteiger partial charge >= 0.3 is 0 Å². The van der Waals surface area contributed by atoms with Crippen molar-refractivity contribution in [2.24, 2.45) is 0 Å². The topological polar surface area (TPSA) is 46.9 Å². The van der Waals surface area contributed by atoms with E-state index in [-0.39, 0.29) is 17.5 Å². The van der Waals surface area contributed by atoms with Crippen molar-refractivity contribution in [3.05, 3.63) is 23.8 Å². The highest BCUT2D eigenvalue weighted by molar-refractivity contribution is 5.38. The molecule has 2 atom stereocenters. The van der Waals surface area contributed by atoms with E-state index in [1.165, 1.54) is 6.07 Å². The van der Waals surface area contributed by atoms with Gasteiger partial charge in [-0.3, -0.25) is 4.90 Å². The van der Waals surface area contributed by atoms with Crippen LogP contribution in [-0.4, -0.2) is 52.7 Å². The predicted octanol–water partition coefficient (Wildman–Crippen LogP) is 2.57. The second-order valence-electron chi connectivity index (χ2n) is 5.87. The summed E-state index contributed by atoms with van der Waals surface area (Å²) < 4.78 is 0. The minimum absolute atomic E-state index is 0.131. The summed E-state index contributed by atoms with van der Waals surface area (Å²) in [4.78, 5) is 4.89. The van der Waals surface area contributed by atoms with Gasteiger partial charge in [0.2, 0.25) is 0 Å². The fourth-order valence-corrected chi connectivity index (χ4v) is 3.19. The molecule has 1 heterocycles. The van der Waals surface area contributed by atoms with Gasteiger partial charge in [-0.2, -0.15) is 0 Å². The number of aromatic hydroxyl groups is 2. The lowest BCUT2D eigenvalue weighted by Crippen LogP contribution is -2.41. The van der Waals surface area contributed by atoms with Gasteiger partial charge in [-0.1, -0.05) is 6.92 Å². The lowest BCUT2D eigenvalue weighted by molar-refractivity contribution is 0.137. The fraction of sp³-hybridized carbons (Fsp3) is 0.625. The van der Waals surface area contributed by atoms with E-state index in [0.29, 0.717) is 6.04 Å². The van der Waals surface area contributed by atoms with E-state index in [1.807, 2.05) is 0 Å². The fourth-order valence-electron chi connectivity index (χ4n) is 3.19. The smallest absolute Gasteiger partial charge is 0.119 e. The zero-order chi connectivity index (χ0) is 14.7. The van der Waals surface area contributed by atoms with Gasteiger partial charge < -0.3 is 15.1 Å². The molecule has 1 fully saturated rings. The molecule has 2 rings (SSSR count). The van der Waals surface area contributed by atoms with Crippen molar-refractivity contribution in [2.45, 2.75) is 38.8 Å². The molecule has 2 unspecified atom stereocenters. The molecule has 112 valence electrons. The number of benzene rings is 1. The Morgan fingerprint density at radius 1 is 1.20 bits per heavy atom. The second-order valence-corrected chi connectivity index (χ2v) is 5.87. The summed E-state index contributed by atoms with van der Waals surface area (Å²) in [5.41, 5.74) is 0.977. The summed E-state index contributed by atoms with van der Waals surface area (Å²) in [5, 5.41) is 19.4. The maximum atomic E-state index is 9.68. The molecule has 0 spiro atoms. The van der Waals surface area contributed by atoms with Crippen LogP contribution in [0.5, 0.6) is 11.5 Å². The average Bonchev–Trinajstić information content (AvgIpc) is 2.58. The Labute approximate surface area is 121 Å². The number of hydrogen-bond acceptors (Lipinski definition) is 4. The van der Waals surface area contributed by atoms with Crippen molar-refractivity contribution in [2.75, 3.05) is 26.7 Å². The summed E-state index contributed by atoms with van der Waals surface area (Å²) in [5.74, 6) is 0.263. The molecule has 1 saturated heterocycles. The normalized spacial score (nSPS) is 23.4. The number of nitrogens with zero attached hydrogens (tertiary/aromatic N) is 2. The van der Waals surface area contributed by atoms with Crippen LogP contribution in [0.15, 0.2) is 18.2 Å². The molecular formula is C16H26N2O2. The third-order valence-corrected chi connectivity index (χ3v) is 4.32. The highest BCUT2D eigenvalue weighted by Gasteiger charge is 2.27. The molecule has 4 nitrogen and oxygen atoms in total. The molecule has 1 aliphatic heterocycles. The van der Waals surface area contributed by atoms with Crippen molar-refractivity contribution < 1.29 is 10.2 Å². The van der Waals surface area contributed by atoms with Gasteiger partial charge in [-0.05, 0) is 51.1 Å². The van der Waals surface area contributed by atoms with Crippen LogP contribution in [0.25, 0.3) is 0 Å². The Balaban J connectivity index is 2.22. The van der Waals surface area contributed by atoms with Crippen molar-refractivity contribution in [1.82, 2.24) is 9.80 Å². The molecule has 1 aromatic rings. The standard InChI is InChI=1S/C16H26N2O2/c1-4-14-11-17(3)6-5-7-18(14)12(2)13-8-15(19)10-16(20)9-13/h8-10,12,14,19-20H,4-7,11H2,1-3H3.